The highest BCUT2D eigenvalue weighted by atomic mass is 16.5. The molecule has 7 nitrogen and oxygen atoms in total. The van der Waals surface area contributed by atoms with Gasteiger partial charge in [-0.2, -0.15) is 0 Å². The SMILES string of the molecule is C[C@@H](O)c1cccc(NC(=O)COc2cc(O)c3c(c2)OC(C)(C)CC3=O)c1. The van der Waals surface area contributed by atoms with E-state index in [9.17, 15) is 19.8 Å². The molecule has 3 N–H and O–H groups in total. The van der Waals surface area contributed by atoms with Gasteiger partial charge in [-0.15, -0.1) is 0 Å². The van der Waals surface area contributed by atoms with Crippen LogP contribution in [0, 0.1) is 0 Å². The molecule has 0 saturated carbocycles. The third kappa shape index (κ3) is 4.43. The fourth-order valence-corrected chi connectivity index (χ4v) is 3.05. The summed E-state index contributed by atoms with van der Waals surface area (Å²) < 4.78 is 11.2. The predicted molar refractivity (Wildman–Crippen MR) is 103 cm³/mol. The molecule has 1 amide bonds. The first kappa shape index (κ1) is 19.7. The molecule has 2 aromatic rings. The maximum atomic E-state index is 12.2. The number of phenols is 1. The van der Waals surface area contributed by atoms with Crippen LogP contribution < -0.4 is 14.8 Å². The topological polar surface area (TPSA) is 105 Å². The molecule has 1 atom stereocenters. The second-order valence-electron chi connectivity index (χ2n) is 7.42. The van der Waals surface area contributed by atoms with Crippen molar-refractivity contribution >= 4 is 17.4 Å². The number of amides is 1. The summed E-state index contributed by atoms with van der Waals surface area (Å²) in [6.45, 7) is 4.91. The van der Waals surface area contributed by atoms with Crippen LogP contribution in [0.2, 0.25) is 0 Å². The molecule has 0 unspecified atom stereocenters. The Balaban J connectivity index is 1.68. The Morgan fingerprint density at radius 3 is 2.79 bits per heavy atom. The van der Waals surface area contributed by atoms with Gasteiger partial charge in [0.25, 0.3) is 5.91 Å². The number of carbonyl (C=O) groups excluding carboxylic acids is 2. The van der Waals surface area contributed by atoms with Crippen LogP contribution in [-0.4, -0.2) is 34.1 Å². The number of aromatic hydroxyl groups is 1. The van der Waals surface area contributed by atoms with Gasteiger partial charge in [0, 0.05) is 17.8 Å². The number of carbonyl (C=O) groups is 2. The fraction of sp³-hybridized carbons (Fsp3) is 0.333. The molecule has 3 rings (SSSR count). The number of ketones is 1. The van der Waals surface area contributed by atoms with Crippen molar-refractivity contribution in [2.45, 2.75) is 38.9 Å². The van der Waals surface area contributed by atoms with Crippen molar-refractivity contribution in [3.63, 3.8) is 0 Å². The van der Waals surface area contributed by atoms with Crippen LogP contribution in [0.1, 0.15) is 49.2 Å². The van der Waals surface area contributed by atoms with E-state index in [1.165, 1.54) is 12.1 Å². The second kappa shape index (κ2) is 7.52. The van der Waals surface area contributed by atoms with Gasteiger partial charge < -0.3 is 25.0 Å². The number of fused-ring (bicyclic) bond motifs is 1. The Hall–Kier alpha value is -3.06. The quantitative estimate of drug-likeness (QED) is 0.730. The van der Waals surface area contributed by atoms with Crippen LogP contribution >= 0.6 is 0 Å². The van der Waals surface area contributed by atoms with Crippen molar-refractivity contribution in [3.8, 4) is 17.2 Å². The lowest BCUT2D eigenvalue weighted by Crippen LogP contribution is -2.35. The van der Waals surface area contributed by atoms with Gasteiger partial charge in [-0.25, -0.2) is 0 Å². The molecule has 0 bridgehead atoms. The predicted octanol–water partition coefficient (Wildman–Crippen LogP) is 3.21. The number of benzene rings is 2. The van der Waals surface area contributed by atoms with Crippen molar-refractivity contribution in [1.29, 1.82) is 0 Å². The Morgan fingerprint density at radius 1 is 1.32 bits per heavy atom. The van der Waals surface area contributed by atoms with E-state index in [-0.39, 0.29) is 41.6 Å². The number of aliphatic hydroxyl groups excluding tert-OH is 1. The number of rotatable bonds is 5. The first-order chi connectivity index (χ1) is 13.1. The van der Waals surface area contributed by atoms with E-state index >= 15 is 0 Å². The molecular formula is C21H23NO6. The summed E-state index contributed by atoms with van der Waals surface area (Å²) in [5.74, 6) is -0.391. The number of hydrogen-bond acceptors (Lipinski definition) is 6. The van der Waals surface area contributed by atoms with Gasteiger partial charge in [0.1, 0.15) is 28.4 Å². The molecule has 0 aliphatic carbocycles. The maximum absolute atomic E-state index is 12.2. The molecule has 2 aromatic carbocycles. The summed E-state index contributed by atoms with van der Waals surface area (Å²) in [6, 6.07) is 9.66. The number of nitrogens with one attached hydrogen (secondary N) is 1. The van der Waals surface area contributed by atoms with Gasteiger partial charge in [0.15, 0.2) is 12.4 Å². The highest BCUT2D eigenvalue weighted by Crippen LogP contribution is 2.40. The van der Waals surface area contributed by atoms with Gasteiger partial charge in [-0.1, -0.05) is 12.1 Å². The van der Waals surface area contributed by atoms with Crippen molar-refractivity contribution in [2.75, 3.05) is 11.9 Å². The van der Waals surface area contributed by atoms with E-state index in [1.807, 2.05) is 0 Å². The van der Waals surface area contributed by atoms with Crippen LogP contribution in [0.15, 0.2) is 36.4 Å². The summed E-state index contributed by atoms with van der Waals surface area (Å²) in [6.07, 6.45) is -0.472. The number of Topliss-reactive ketones (excluding diaryl/α,β-unsaturated/α-hetero) is 1. The lowest BCUT2D eigenvalue weighted by molar-refractivity contribution is -0.118. The highest BCUT2D eigenvalue weighted by Gasteiger charge is 2.35. The van der Waals surface area contributed by atoms with Crippen LogP contribution in [0.5, 0.6) is 17.2 Å². The van der Waals surface area contributed by atoms with E-state index in [4.69, 9.17) is 9.47 Å². The molecule has 7 heteroatoms. The first-order valence-corrected chi connectivity index (χ1v) is 8.94. The molecule has 0 saturated heterocycles. The lowest BCUT2D eigenvalue weighted by Gasteiger charge is -2.32. The number of ether oxygens (including phenoxy) is 2. The molecule has 0 fully saturated rings. The standard InChI is InChI=1S/C21H23NO6/c1-12(23)13-5-4-6-14(7-13)22-19(26)11-27-15-8-16(24)20-17(25)10-21(2,3)28-18(20)9-15/h4-9,12,23-24H,10-11H2,1-3H3,(H,22,26)/t12-/m1/s1. The van der Waals surface area contributed by atoms with E-state index in [1.54, 1.807) is 45.0 Å². The van der Waals surface area contributed by atoms with E-state index in [0.717, 1.165) is 0 Å². The van der Waals surface area contributed by atoms with Crippen LogP contribution in [0.25, 0.3) is 0 Å². The summed E-state index contributed by atoms with van der Waals surface area (Å²) in [7, 11) is 0. The summed E-state index contributed by atoms with van der Waals surface area (Å²) >= 11 is 0. The molecule has 0 radical (unpaired) electrons. The Bertz CT molecular complexity index is 919. The monoisotopic (exact) mass is 385 g/mol. The summed E-state index contributed by atoms with van der Waals surface area (Å²) in [4.78, 5) is 24.4. The highest BCUT2D eigenvalue weighted by molar-refractivity contribution is 6.03. The van der Waals surface area contributed by atoms with E-state index in [0.29, 0.717) is 11.3 Å². The summed E-state index contributed by atoms with van der Waals surface area (Å²) in [5.41, 5.74) is 0.672. The first-order valence-electron chi connectivity index (χ1n) is 8.94. The minimum absolute atomic E-state index is 0.131. The van der Waals surface area contributed by atoms with Gasteiger partial charge in [-0.05, 0) is 38.5 Å². The molecule has 1 aliphatic rings. The molecule has 148 valence electrons. The number of aliphatic hydroxyl groups is 1. The van der Waals surface area contributed by atoms with E-state index in [2.05, 4.69) is 5.32 Å². The third-order valence-electron chi connectivity index (χ3n) is 4.33. The minimum atomic E-state index is -0.679. The number of hydrogen-bond donors (Lipinski definition) is 3. The van der Waals surface area contributed by atoms with E-state index < -0.39 is 17.6 Å². The molecule has 1 aliphatic heterocycles. The van der Waals surface area contributed by atoms with Crippen molar-refractivity contribution in [2.24, 2.45) is 0 Å². The average molecular weight is 385 g/mol. The van der Waals surface area contributed by atoms with Gasteiger partial charge in [0.05, 0.1) is 12.5 Å². The zero-order valence-corrected chi connectivity index (χ0v) is 16.0. The van der Waals surface area contributed by atoms with Crippen molar-refractivity contribution in [3.05, 3.63) is 47.5 Å². The Labute approximate surface area is 162 Å². The molecule has 28 heavy (non-hydrogen) atoms. The number of phenolic OH excluding ortho intramolecular Hbond substituents is 1. The normalized spacial score (nSPS) is 15.9. The summed E-state index contributed by atoms with van der Waals surface area (Å²) in [5, 5.41) is 22.5. The third-order valence-corrected chi connectivity index (χ3v) is 4.33. The molecule has 0 aromatic heterocycles. The molecular weight excluding hydrogens is 362 g/mol. The lowest BCUT2D eigenvalue weighted by atomic mass is 9.92. The second-order valence-corrected chi connectivity index (χ2v) is 7.42. The molecule has 0 spiro atoms. The molecule has 1 heterocycles. The Morgan fingerprint density at radius 2 is 2.07 bits per heavy atom. The van der Waals surface area contributed by atoms with Crippen LogP contribution in [0.4, 0.5) is 5.69 Å². The maximum Gasteiger partial charge on any atom is 0.262 e. The zero-order valence-electron chi connectivity index (χ0n) is 16.0. The Kier molecular flexibility index (Phi) is 5.29. The van der Waals surface area contributed by atoms with Gasteiger partial charge in [0.2, 0.25) is 0 Å². The smallest absolute Gasteiger partial charge is 0.262 e. The minimum Gasteiger partial charge on any atom is -0.507 e. The van der Waals surface area contributed by atoms with Crippen molar-refractivity contribution < 1.29 is 29.3 Å². The fourth-order valence-electron chi connectivity index (χ4n) is 3.05. The van der Waals surface area contributed by atoms with Gasteiger partial charge in [-0.3, -0.25) is 9.59 Å². The average Bonchev–Trinajstić information content (AvgIpc) is 2.58. The number of anilines is 1. The largest absolute Gasteiger partial charge is 0.507 e. The van der Waals surface area contributed by atoms with Crippen LogP contribution in [0.3, 0.4) is 0 Å². The van der Waals surface area contributed by atoms with Gasteiger partial charge >= 0.3 is 0 Å². The van der Waals surface area contributed by atoms with Crippen LogP contribution in [-0.2, 0) is 4.79 Å². The van der Waals surface area contributed by atoms with Crippen molar-refractivity contribution in [1.82, 2.24) is 0 Å². The zero-order chi connectivity index (χ0) is 20.5.